The Labute approximate surface area is 92.7 Å². The Balaban J connectivity index is 2.48. The predicted octanol–water partition coefficient (Wildman–Crippen LogP) is -0.209. The zero-order valence-corrected chi connectivity index (χ0v) is 8.74. The number of nitrogens with two attached hydrogens (primary N) is 1. The zero-order valence-electron chi connectivity index (χ0n) is 8.74. The molecule has 16 heavy (non-hydrogen) atoms. The summed E-state index contributed by atoms with van der Waals surface area (Å²) in [5.41, 5.74) is 8.04. The first-order valence-corrected chi connectivity index (χ1v) is 5.00. The molecule has 0 aromatic carbocycles. The fourth-order valence-electron chi connectivity index (χ4n) is 1.56. The second-order valence-electron chi connectivity index (χ2n) is 3.28. The lowest BCUT2D eigenvalue weighted by molar-refractivity contribution is 0.269. The van der Waals surface area contributed by atoms with Crippen molar-refractivity contribution in [3.05, 3.63) is 30.2 Å². The summed E-state index contributed by atoms with van der Waals surface area (Å²) in [4.78, 5) is 4.05. The molecule has 6 heteroatoms. The molecule has 0 radical (unpaired) electrons. The molecule has 0 aliphatic heterocycles. The third-order valence-electron chi connectivity index (χ3n) is 2.24. The number of aliphatic hydroxyl groups excluding tert-OH is 1. The highest BCUT2D eigenvalue weighted by atomic mass is 16.3. The molecular weight excluding hydrogens is 206 g/mol. The fraction of sp³-hybridized carbons (Fsp3) is 0.300. The fourth-order valence-corrected chi connectivity index (χ4v) is 1.56. The van der Waals surface area contributed by atoms with E-state index in [2.05, 4.69) is 15.3 Å². The lowest BCUT2D eigenvalue weighted by Crippen LogP contribution is -2.07. The topological polar surface area (TPSA) is 89.8 Å². The maximum absolute atomic E-state index is 8.94. The highest BCUT2D eigenvalue weighted by Gasteiger charge is 2.13. The van der Waals surface area contributed by atoms with E-state index in [0.29, 0.717) is 18.8 Å². The van der Waals surface area contributed by atoms with E-state index in [1.807, 2.05) is 12.1 Å². The lowest BCUT2D eigenvalue weighted by Gasteiger charge is -2.05. The summed E-state index contributed by atoms with van der Waals surface area (Å²) in [7, 11) is 0. The third kappa shape index (κ3) is 1.93. The summed E-state index contributed by atoms with van der Waals surface area (Å²) in [6, 6.07) is 3.75. The molecule has 0 unspecified atom stereocenters. The second kappa shape index (κ2) is 4.82. The molecule has 0 saturated heterocycles. The Morgan fingerprint density at radius 2 is 2.31 bits per heavy atom. The maximum Gasteiger partial charge on any atom is 0.104 e. The number of pyridine rings is 1. The van der Waals surface area contributed by atoms with Gasteiger partial charge in [0.05, 0.1) is 18.8 Å². The largest absolute Gasteiger partial charge is 0.394 e. The van der Waals surface area contributed by atoms with E-state index >= 15 is 0 Å². The van der Waals surface area contributed by atoms with Crippen LogP contribution in [0.3, 0.4) is 0 Å². The van der Waals surface area contributed by atoms with Crippen LogP contribution in [0.25, 0.3) is 11.3 Å². The van der Waals surface area contributed by atoms with Gasteiger partial charge in [0.2, 0.25) is 0 Å². The van der Waals surface area contributed by atoms with E-state index in [4.69, 9.17) is 10.8 Å². The highest BCUT2D eigenvalue weighted by Crippen LogP contribution is 2.20. The highest BCUT2D eigenvalue weighted by molar-refractivity contribution is 5.60. The van der Waals surface area contributed by atoms with Crippen molar-refractivity contribution in [2.75, 3.05) is 6.61 Å². The molecule has 2 aromatic rings. The number of hydrogen-bond donors (Lipinski definition) is 2. The molecule has 84 valence electrons. The summed E-state index contributed by atoms with van der Waals surface area (Å²) in [6.45, 7) is 0.730. The Hall–Kier alpha value is -1.79. The number of aliphatic hydroxyl groups is 1. The smallest absolute Gasteiger partial charge is 0.104 e. The summed E-state index contributed by atoms with van der Waals surface area (Å²) in [6.07, 6.45) is 3.43. The number of aromatic nitrogens is 4. The second-order valence-corrected chi connectivity index (χ2v) is 3.28. The van der Waals surface area contributed by atoms with E-state index in [9.17, 15) is 0 Å². The van der Waals surface area contributed by atoms with Crippen LogP contribution in [0.4, 0.5) is 0 Å². The molecule has 2 aromatic heterocycles. The SMILES string of the molecule is NCc1nnn(CCO)c1-c1cccnc1. The number of nitrogens with zero attached hydrogens (tertiary/aromatic N) is 4. The summed E-state index contributed by atoms with van der Waals surface area (Å²) in [5.74, 6) is 0. The van der Waals surface area contributed by atoms with Crippen LogP contribution in [0.1, 0.15) is 5.69 Å². The minimum atomic E-state index is 0.0145. The van der Waals surface area contributed by atoms with Crippen LogP contribution >= 0.6 is 0 Å². The minimum Gasteiger partial charge on any atom is -0.394 e. The molecule has 0 bridgehead atoms. The molecule has 6 nitrogen and oxygen atoms in total. The maximum atomic E-state index is 8.94. The average molecular weight is 219 g/mol. The van der Waals surface area contributed by atoms with Crippen LogP contribution in [0.2, 0.25) is 0 Å². The monoisotopic (exact) mass is 219 g/mol. The van der Waals surface area contributed by atoms with Gasteiger partial charge in [-0.1, -0.05) is 5.21 Å². The van der Waals surface area contributed by atoms with Crippen LogP contribution in [0, 0.1) is 0 Å². The predicted molar refractivity (Wildman–Crippen MR) is 58.2 cm³/mol. The molecule has 2 heterocycles. The summed E-state index contributed by atoms with van der Waals surface area (Å²) in [5, 5.41) is 16.9. The van der Waals surface area contributed by atoms with Crippen LogP contribution in [0.5, 0.6) is 0 Å². The van der Waals surface area contributed by atoms with Gasteiger partial charge in [-0.05, 0) is 12.1 Å². The first kappa shape index (κ1) is 10.7. The lowest BCUT2D eigenvalue weighted by atomic mass is 10.1. The van der Waals surface area contributed by atoms with Gasteiger partial charge in [0.1, 0.15) is 5.69 Å². The van der Waals surface area contributed by atoms with Gasteiger partial charge >= 0.3 is 0 Å². The van der Waals surface area contributed by atoms with Crippen molar-refractivity contribution < 1.29 is 5.11 Å². The van der Waals surface area contributed by atoms with Gasteiger partial charge in [0.25, 0.3) is 0 Å². The van der Waals surface area contributed by atoms with Crippen molar-refractivity contribution in [2.24, 2.45) is 5.73 Å². The van der Waals surface area contributed by atoms with E-state index < -0.39 is 0 Å². The zero-order chi connectivity index (χ0) is 11.4. The molecule has 0 aliphatic rings. The van der Waals surface area contributed by atoms with E-state index in [0.717, 1.165) is 11.3 Å². The first-order valence-electron chi connectivity index (χ1n) is 5.00. The average Bonchev–Trinajstić information content (AvgIpc) is 2.74. The molecule has 0 spiro atoms. The van der Waals surface area contributed by atoms with Gasteiger partial charge in [-0.2, -0.15) is 0 Å². The standard InChI is InChI=1S/C10H13N5O/c11-6-9-10(8-2-1-3-12-7-8)15(4-5-16)14-13-9/h1-3,7,16H,4-6,11H2. The van der Waals surface area contributed by atoms with Gasteiger partial charge < -0.3 is 10.8 Å². The Morgan fingerprint density at radius 3 is 2.94 bits per heavy atom. The van der Waals surface area contributed by atoms with Crippen LogP contribution in [0.15, 0.2) is 24.5 Å². The Kier molecular flexibility index (Phi) is 3.23. The van der Waals surface area contributed by atoms with E-state index in [1.165, 1.54) is 0 Å². The van der Waals surface area contributed by atoms with Crippen LogP contribution < -0.4 is 5.73 Å². The Morgan fingerprint density at radius 1 is 1.44 bits per heavy atom. The molecule has 0 fully saturated rings. The Bertz CT molecular complexity index is 453. The third-order valence-corrected chi connectivity index (χ3v) is 2.24. The molecule has 0 saturated carbocycles. The van der Waals surface area contributed by atoms with Crippen molar-refractivity contribution in [3.63, 3.8) is 0 Å². The molecule has 0 aliphatic carbocycles. The molecule has 0 amide bonds. The van der Waals surface area contributed by atoms with Crippen molar-refractivity contribution in [2.45, 2.75) is 13.1 Å². The van der Waals surface area contributed by atoms with Gasteiger partial charge in [-0.25, -0.2) is 4.68 Å². The van der Waals surface area contributed by atoms with Gasteiger partial charge in [0, 0.05) is 24.5 Å². The number of hydrogen-bond acceptors (Lipinski definition) is 5. The first-order chi connectivity index (χ1) is 7.86. The van der Waals surface area contributed by atoms with Crippen LogP contribution in [-0.2, 0) is 13.1 Å². The van der Waals surface area contributed by atoms with Gasteiger partial charge in [-0.3, -0.25) is 4.98 Å². The molecule has 2 rings (SSSR count). The molecule has 3 N–H and O–H groups in total. The van der Waals surface area contributed by atoms with E-state index in [-0.39, 0.29) is 6.61 Å². The van der Waals surface area contributed by atoms with Gasteiger partial charge in [-0.15, -0.1) is 5.10 Å². The minimum absolute atomic E-state index is 0.0145. The summed E-state index contributed by atoms with van der Waals surface area (Å²) >= 11 is 0. The summed E-state index contributed by atoms with van der Waals surface area (Å²) < 4.78 is 1.64. The van der Waals surface area contributed by atoms with E-state index in [1.54, 1.807) is 17.1 Å². The van der Waals surface area contributed by atoms with Crippen LogP contribution in [-0.4, -0.2) is 31.7 Å². The van der Waals surface area contributed by atoms with Crippen molar-refractivity contribution >= 4 is 0 Å². The van der Waals surface area contributed by atoms with Crippen molar-refractivity contribution in [1.82, 2.24) is 20.0 Å². The van der Waals surface area contributed by atoms with Gasteiger partial charge in [0.15, 0.2) is 0 Å². The quantitative estimate of drug-likeness (QED) is 0.742. The number of rotatable bonds is 4. The van der Waals surface area contributed by atoms with Crippen molar-refractivity contribution in [3.8, 4) is 11.3 Å². The molecular formula is C10H13N5O. The normalized spacial score (nSPS) is 10.6. The van der Waals surface area contributed by atoms with Crippen molar-refractivity contribution in [1.29, 1.82) is 0 Å². The molecule has 0 atom stereocenters.